The van der Waals surface area contributed by atoms with E-state index in [2.05, 4.69) is 32.1 Å². The van der Waals surface area contributed by atoms with Crippen molar-refractivity contribution in [2.24, 2.45) is 5.41 Å². The molecule has 0 radical (unpaired) electrons. The van der Waals surface area contributed by atoms with Gasteiger partial charge in [0.05, 0.1) is 0 Å². The van der Waals surface area contributed by atoms with E-state index >= 15 is 0 Å². The highest BCUT2D eigenvalue weighted by atomic mass is 15.0. The topological polar surface area (TPSA) is 50.8 Å². The first kappa shape index (κ1) is 14.9. The molecule has 2 aliphatic rings. The first-order valence-corrected chi connectivity index (χ1v) is 6.97. The Hall–Kier alpha value is -2.52. The van der Waals surface area contributed by atoms with Crippen LogP contribution < -0.4 is 0 Å². The van der Waals surface area contributed by atoms with E-state index in [4.69, 9.17) is 10.5 Å². The third-order valence-electron chi connectivity index (χ3n) is 3.61. The molecular weight excluding hydrogens is 258 g/mol. The van der Waals surface area contributed by atoms with Crippen molar-refractivity contribution in [3.63, 3.8) is 0 Å². The minimum absolute atomic E-state index is 0.0638. The molecule has 1 heterocycles. The summed E-state index contributed by atoms with van der Waals surface area (Å²) in [6.07, 6.45) is 14.0. The quantitative estimate of drug-likeness (QED) is 0.681. The number of nitriles is 2. The molecule has 0 saturated heterocycles. The van der Waals surface area contributed by atoms with Crippen LogP contribution in [0.4, 0.5) is 0 Å². The molecule has 0 aromatic heterocycles. The lowest BCUT2D eigenvalue weighted by Gasteiger charge is -2.30. The van der Waals surface area contributed by atoms with Crippen LogP contribution in [0.2, 0.25) is 0 Å². The van der Waals surface area contributed by atoms with Crippen molar-refractivity contribution in [3.8, 4) is 12.1 Å². The number of nitrogens with zero attached hydrogens (tertiary/aromatic N) is 3. The van der Waals surface area contributed by atoms with E-state index in [9.17, 15) is 0 Å². The molecule has 0 spiro atoms. The fraction of sp³-hybridized carbons (Fsp3) is 0.333. The summed E-state index contributed by atoms with van der Waals surface area (Å²) in [5, 5.41) is 18.2. The van der Waals surface area contributed by atoms with E-state index in [1.807, 2.05) is 42.6 Å². The van der Waals surface area contributed by atoms with Crippen molar-refractivity contribution >= 4 is 0 Å². The number of rotatable bonds is 1. The maximum absolute atomic E-state index is 9.08. The second kappa shape index (κ2) is 5.85. The zero-order chi connectivity index (χ0) is 15.5. The van der Waals surface area contributed by atoms with Crippen molar-refractivity contribution in [3.05, 3.63) is 59.0 Å². The smallest absolute Gasteiger partial charge is 0.132 e. The highest BCUT2D eigenvalue weighted by molar-refractivity contribution is 5.50. The van der Waals surface area contributed by atoms with Crippen LogP contribution in [0.3, 0.4) is 0 Å². The fourth-order valence-electron chi connectivity index (χ4n) is 2.70. The highest BCUT2D eigenvalue weighted by Gasteiger charge is 2.26. The number of allylic oxidation sites excluding steroid dienone is 8. The van der Waals surface area contributed by atoms with Crippen molar-refractivity contribution in [1.29, 1.82) is 10.5 Å². The van der Waals surface area contributed by atoms with Gasteiger partial charge in [0.1, 0.15) is 17.7 Å². The summed E-state index contributed by atoms with van der Waals surface area (Å²) in [5.41, 5.74) is 3.44. The lowest BCUT2D eigenvalue weighted by atomic mass is 9.74. The molecule has 0 atom stereocenters. The van der Waals surface area contributed by atoms with Crippen LogP contribution in [0, 0.1) is 28.1 Å². The van der Waals surface area contributed by atoms with Gasteiger partial charge in [-0.05, 0) is 47.1 Å². The fourth-order valence-corrected chi connectivity index (χ4v) is 2.70. The molecule has 0 aromatic carbocycles. The molecular formula is C18H19N3. The van der Waals surface area contributed by atoms with Crippen molar-refractivity contribution in [2.75, 3.05) is 7.05 Å². The molecule has 3 heteroatoms. The highest BCUT2D eigenvalue weighted by Crippen LogP contribution is 2.39. The van der Waals surface area contributed by atoms with Crippen LogP contribution in [0.5, 0.6) is 0 Å². The van der Waals surface area contributed by atoms with Gasteiger partial charge in [-0.15, -0.1) is 0 Å². The van der Waals surface area contributed by atoms with Crippen molar-refractivity contribution in [1.82, 2.24) is 4.90 Å². The monoisotopic (exact) mass is 277 g/mol. The van der Waals surface area contributed by atoms with Gasteiger partial charge in [0.25, 0.3) is 0 Å². The average Bonchev–Trinajstić information content (AvgIpc) is 2.41. The summed E-state index contributed by atoms with van der Waals surface area (Å²) >= 11 is 0. The Morgan fingerprint density at radius 2 is 1.81 bits per heavy atom. The van der Waals surface area contributed by atoms with Crippen LogP contribution in [-0.4, -0.2) is 11.9 Å². The maximum Gasteiger partial charge on any atom is 0.132 e. The minimum Gasteiger partial charge on any atom is -0.357 e. The molecule has 106 valence electrons. The Bertz CT molecular complexity index is 638. The van der Waals surface area contributed by atoms with Gasteiger partial charge in [-0.3, -0.25) is 0 Å². The molecule has 21 heavy (non-hydrogen) atoms. The van der Waals surface area contributed by atoms with Crippen LogP contribution >= 0.6 is 0 Å². The van der Waals surface area contributed by atoms with Gasteiger partial charge < -0.3 is 4.90 Å². The van der Waals surface area contributed by atoms with Crippen molar-refractivity contribution in [2.45, 2.75) is 26.7 Å². The molecule has 3 nitrogen and oxygen atoms in total. The number of hydrogen-bond acceptors (Lipinski definition) is 3. The van der Waals surface area contributed by atoms with E-state index < -0.39 is 0 Å². The summed E-state index contributed by atoms with van der Waals surface area (Å²) in [5.74, 6) is 0. The normalized spacial score (nSPS) is 19.7. The molecule has 0 amide bonds. The van der Waals surface area contributed by atoms with Crippen LogP contribution in [-0.2, 0) is 0 Å². The first-order chi connectivity index (χ1) is 9.93. The second-order valence-corrected chi connectivity index (χ2v) is 6.30. The predicted molar refractivity (Wildman–Crippen MR) is 83.5 cm³/mol. The standard InChI is InChI=1S/C18H19N3/c1-18(2)10-15(8-14-4-6-21(3)7-5-14)9-16(11-18)17(12-19)13-20/h4-9H,10-11H2,1-3H3. The molecule has 1 aliphatic heterocycles. The van der Waals surface area contributed by atoms with Gasteiger partial charge in [0, 0.05) is 19.4 Å². The summed E-state index contributed by atoms with van der Waals surface area (Å²) in [7, 11) is 1.99. The first-order valence-electron chi connectivity index (χ1n) is 6.97. The third-order valence-corrected chi connectivity index (χ3v) is 3.61. The summed E-state index contributed by atoms with van der Waals surface area (Å²) in [4.78, 5) is 1.99. The SMILES string of the molecule is CN1C=CC(=CC2=CC(=C(C#N)C#N)CC(C)(C)C2)C=C1. The van der Waals surface area contributed by atoms with Gasteiger partial charge in [-0.25, -0.2) is 0 Å². The largest absolute Gasteiger partial charge is 0.357 e. The number of hydrogen-bond donors (Lipinski definition) is 0. The Kier molecular flexibility index (Phi) is 4.15. The lowest BCUT2D eigenvalue weighted by molar-refractivity contribution is 0.354. The summed E-state index contributed by atoms with van der Waals surface area (Å²) in [6.45, 7) is 4.34. The van der Waals surface area contributed by atoms with Gasteiger partial charge in [0.15, 0.2) is 0 Å². The molecule has 1 aliphatic carbocycles. The van der Waals surface area contributed by atoms with Crippen molar-refractivity contribution < 1.29 is 0 Å². The molecule has 0 unspecified atom stereocenters. The summed E-state index contributed by atoms with van der Waals surface area (Å²) in [6, 6.07) is 4.02. The Morgan fingerprint density at radius 1 is 1.19 bits per heavy atom. The van der Waals surface area contributed by atoms with Crippen LogP contribution in [0.25, 0.3) is 0 Å². The van der Waals surface area contributed by atoms with Gasteiger partial charge in [-0.1, -0.05) is 26.0 Å². The zero-order valence-electron chi connectivity index (χ0n) is 12.7. The van der Waals surface area contributed by atoms with E-state index in [-0.39, 0.29) is 11.0 Å². The second-order valence-electron chi connectivity index (χ2n) is 6.30. The van der Waals surface area contributed by atoms with E-state index in [1.54, 1.807) is 0 Å². The lowest BCUT2D eigenvalue weighted by Crippen LogP contribution is -2.17. The molecule has 2 rings (SSSR count). The Balaban J connectivity index is 2.40. The molecule has 0 fully saturated rings. The third kappa shape index (κ3) is 3.74. The van der Waals surface area contributed by atoms with Gasteiger partial charge in [0.2, 0.25) is 0 Å². The molecule has 0 bridgehead atoms. The zero-order valence-corrected chi connectivity index (χ0v) is 12.7. The summed E-state index contributed by atoms with van der Waals surface area (Å²) < 4.78 is 0. The Morgan fingerprint density at radius 3 is 2.38 bits per heavy atom. The van der Waals surface area contributed by atoms with E-state index in [1.165, 1.54) is 0 Å². The molecule has 0 N–H and O–H groups in total. The molecule has 0 saturated carbocycles. The van der Waals surface area contributed by atoms with Crippen LogP contribution in [0.15, 0.2) is 59.0 Å². The average molecular weight is 277 g/mol. The van der Waals surface area contributed by atoms with Gasteiger partial charge in [-0.2, -0.15) is 10.5 Å². The minimum atomic E-state index is 0.0638. The van der Waals surface area contributed by atoms with E-state index in [0.29, 0.717) is 0 Å². The van der Waals surface area contributed by atoms with Crippen LogP contribution in [0.1, 0.15) is 26.7 Å². The predicted octanol–water partition coefficient (Wildman–Crippen LogP) is 3.98. The Labute approximate surface area is 126 Å². The van der Waals surface area contributed by atoms with Gasteiger partial charge >= 0.3 is 0 Å². The van der Waals surface area contributed by atoms with E-state index in [0.717, 1.165) is 29.6 Å². The molecule has 0 aromatic rings. The maximum atomic E-state index is 9.08.